The zero-order valence-electron chi connectivity index (χ0n) is 23.3. The first-order valence-corrected chi connectivity index (χ1v) is 14.5. The smallest absolute Gasteiger partial charge is 0.189 e. The van der Waals surface area contributed by atoms with Crippen LogP contribution in [0.4, 0.5) is 5.69 Å². The summed E-state index contributed by atoms with van der Waals surface area (Å²) >= 11 is 0. The van der Waals surface area contributed by atoms with Crippen LogP contribution in [0.1, 0.15) is 0 Å². The Morgan fingerprint density at radius 1 is 0.419 bits per heavy atom. The number of fused-ring (bicyclic) bond motifs is 3. The molecule has 0 spiro atoms. The average molecular weight is 545 g/mol. The summed E-state index contributed by atoms with van der Waals surface area (Å²) in [6.45, 7) is 7.56. The number of nitrogens with zero attached hydrogens (tertiary/aromatic N) is 2. The Hall–Kier alpha value is -5.91. The molecule has 0 saturated heterocycles. The van der Waals surface area contributed by atoms with Crippen LogP contribution in [0.25, 0.3) is 86.9 Å². The normalized spacial score (nSPS) is 11.7. The summed E-state index contributed by atoms with van der Waals surface area (Å²) in [7, 11) is 0. The fraction of sp³-hybridized carbons (Fsp3) is 0. The molecule has 1 aromatic heterocycles. The molecule has 9 rings (SSSR count). The number of benzene rings is 8. The molecule has 0 bridgehead atoms. The Bertz CT molecular complexity index is 2480. The predicted octanol–water partition coefficient (Wildman–Crippen LogP) is 11.6. The molecule has 2 heteroatoms. The van der Waals surface area contributed by atoms with Gasteiger partial charge in [0, 0.05) is 22.0 Å². The van der Waals surface area contributed by atoms with E-state index in [4.69, 9.17) is 6.57 Å². The van der Waals surface area contributed by atoms with Crippen LogP contribution in [0.15, 0.2) is 146 Å². The monoisotopic (exact) mass is 544 g/mol. The average Bonchev–Trinajstić information content (AvgIpc) is 3.40. The van der Waals surface area contributed by atoms with Crippen molar-refractivity contribution in [1.29, 1.82) is 0 Å². The lowest BCUT2D eigenvalue weighted by atomic mass is 9.91. The van der Waals surface area contributed by atoms with E-state index in [0.717, 1.165) is 22.1 Å². The van der Waals surface area contributed by atoms with Crippen LogP contribution in [-0.2, 0) is 0 Å². The van der Waals surface area contributed by atoms with Crippen LogP contribution in [0.2, 0.25) is 0 Å². The van der Waals surface area contributed by atoms with Gasteiger partial charge in [0.15, 0.2) is 5.69 Å². The van der Waals surface area contributed by atoms with Gasteiger partial charge in [0.1, 0.15) is 0 Å². The van der Waals surface area contributed by atoms with E-state index in [1.54, 1.807) is 0 Å². The highest BCUT2D eigenvalue weighted by atomic mass is 15.0. The first kappa shape index (κ1) is 23.8. The maximum Gasteiger partial charge on any atom is 0.189 e. The van der Waals surface area contributed by atoms with Gasteiger partial charge < -0.3 is 4.57 Å². The van der Waals surface area contributed by atoms with E-state index in [-0.39, 0.29) is 0 Å². The largest absolute Gasteiger partial charge is 0.310 e. The second-order valence-corrected chi connectivity index (χ2v) is 11.3. The van der Waals surface area contributed by atoms with Crippen LogP contribution in [0.3, 0.4) is 0 Å². The third-order valence-electron chi connectivity index (χ3n) is 8.91. The first-order chi connectivity index (χ1) is 21.2. The fourth-order valence-corrected chi connectivity index (χ4v) is 6.89. The van der Waals surface area contributed by atoms with E-state index in [1.165, 1.54) is 60.0 Å². The van der Waals surface area contributed by atoms with Gasteiger partial charge in [-0.2, -0.15) is 0 Å². The highest BCUT2D eigenvalue weighted by molar-refractivity contribution is 6.23. The quantitative estimate of drug-likeness (QED) is 0.155. The van der Waals surface area contributed by atoms with Crippen molar-refractivity contribution in [3.63, 3.8) is 0 Å². The zero-order valence-corrected chi connectivity index (χ0v) is 23.3. The second-order valence-electron chi connectivity index (χ2n) is 11.3. The fourth-order valence-electron chi connectivity index (χ4n) is 6.89. The predicted molar refractivity (Wildman–Crippen MR) is 182 cm³/mol. The SMILES string of the molecule is [C-]#[N+]c1ccc2c3ccc(-c4ccc(-c5cc6ccc7cccc8ccc(c5)c6c78)cc4)cc3n(-c3ccccc3)c2c1. The summed E-state index contributed by atoms with van der Waals surface area (Å²) in [6.07, 6.45) is 0. The highest BCUT2D eigenvalue weighted by Gasteiger charge is 2.15. The molecular weight excluding hydrogens is 520 g/mol. The molecule has 8 aromatic carbocycles. The van der Waals surface area contributed by atoms with Crippen molar-refractivity contribution in [3.8, 4) is 27.9 Å². The molecule has 0 fully saturated rings. The molecule has 0 aliphatic heterocycles. The molecule has 198 valence electrons. The van der Waals surface area contributed by atoms with Crippen molar-refractivity contribution in [3.05, 3.63) is 157 Å². The molecule has 2 nitrogen and oxygen atoms in total. The highest BCUT2D eigenvalue weighted by Crippen LogP contribution is 2.39. The molecule has 0 N–H and O–H groups in total. The molecule has 0 aliphatic carbocycles. The van der Waals surface area contributed by atoms with Gasteiger partial charge in [0.25, 0.3) is 0 Å². The van der Waals surface area contributed by atoms with Crippen LogP contribution in [0.5, 0.6) is 0 Å². The molecule has 1 heterocycles. The number of aromatic nitrogens is 1. The van der Waals surface area contributed by atoms with E-state index < -0.39 is 0 Å². The van der Waals surface area contributed by atoms with Gasteiger partial charge in [-0.05, 0) is 91.0 Å². The maximum absolute atomic E-state index is 7.56. The summed E-state index contributed by atoms with van der Waals surface area (Å²) in [5, 5.41) is 10.2. The Labute approximate surface area is 248 Å². The van der Waals surface area contributed by atoms with Gasteiger partial charge in [0.05, 0.1) is 12.1 Å². The lowest BCUT2D eigenvalue weighted by Gasteiger charge is -2.13. The Balaban J connectivity index is 1.17. The summed E-state index contributed by atoms with van der Waals surface area (Å²) in [4.78, 5) is 3.70. The second kappa shape index (κ2) is 9.05. The van der Waals surface area contributed by atoms with Crippen molar-refractivity contribution < 1.29 is 0 Å². The standard InChI is InChI=1S/C41H24N2/c1-42-34-19-21-37-36-20-18-30(24-38(36)43(39(37)25-34)35-8-3-2-4-9-35)26-10-12-27(13-11-26)33-22-31-16-14-28-6-5-7-29-15-17-32(23-33)41(31)40(28)29/h2-25H. The summed E-state index contributed by atoms with van der Waals surface area (Å²) < 4.78 is 2.28. The van der Waals surface area contributed by atoms with Crippen molar-refractivity contribution in [1.82, 2.24) is 4.57 Å². The summed E-state index contributed by atoms with van der Waals surface area (Å²) in [5.74, 6) is 0. The van der Waals surface area contributed by atoms with E-state index in [0.29, 0.717) is 5.69 Å². The lowest BCUT2D eigenvalue weighted by molar-refractivity contribution is 1.18. The molecule has 43 heavy (non-hydrogen) atoms. The molecule has 0 unspecified atom stereocenters. The molecule has 0 atom stereocenters. The third-order valence-corrected chi connectivity index (χ3v) is 8.91. The van der Waals surface area contributed by atoms with Gasteiger partial charge in [-0.15, -0.1) is 0 Å². The Morgan fingerprint density at radius 3 is 1.65 bits per heavy atom. The molecular formula is C41H24N2. The third kappa shape index (κ3) is 3.59. The van der Waals surface area contributed by atoms with Crippen molar-refractivity contribution >= 4 is 59.8 Å². The number of para-hydroxylation sites is 1. The van der Waals surface area contributed by atoms with Gasteiger partial charge in [-0.3, -0.25) is 0 Å². The minimum absolute atomic E-state index is 0.648. The first-order valence-electron chi connectivity index (χ1n) is 14.5. The Kier molecular flexibility index (Phi) is 5.00. The maximum atomic E-state index is 7.56. The van der Waals surface area contributed by atoms with E-state index in [1.807, 2.05) is 18.2 Å². The number of rotatable bonds is 3. The van der Waals surface area contributed by atoms with Crippen LogP contribution < -0.4 is 0 Å². The minimum atomic E-state index is 0.648. The Morgan fingerprint density at radius 2 is 0.977 bits per heavy atom. The van der Waals surface area contributed by atoms with Crippen LogP contribution in [-0.4, -0.2) is 4.57 Å². The van der Waals surface area contributed by atoms with Gasteiger partial charge in [0.2, 0.25) is 0 Å². The van der Waals surface area contributed by atoms with Gasteiger partial charge >= 0.3 is 0 Å². The lowest BCUT2D eigenvalue weighted by Crippen LogP contribution is -1.93. The van der Waals surface area contributed by atoms with Crippen molar-refractivity contribution in [2.45, 2.75) is 0 Å². The minimum Gasteiger partial charge on any atom is -0.310 e. The zero-order chi connectivity index (χ0) is 28.5. The van der Waals surface area contributed by atoms with E-state index in [2.05, 4.69) is 137 Å². The van der Waals surface area contributed by atoms with Crippen LogP contribution in [0, 0.1) is 6.57 Å². The van der Waals surface area contributed by atoms with Crippen molar-refractivity contribution in [2.75, 3.05) is 0 Å². The molecule has 0 radical (unpaired) electrons. The number of hydrogen-bond acceptors (Lipinski definition) is 0. The van der Waals surface area contributed by atoms with Crippen LogP contribution >= 0.6 is 0 Å². The van der Waals surface area contributed by atoms with E-state index in [9.17, 15) is 0 Å². The molecule has 0 aliphatic rings. The van der Waals surface area contributed by atoms with Gasteiger partial charge in [-0.25, -0.2) is 4.85 Å². The van der Waals surface area contributed by atoms with E-state index >= 15 is 0 Å². The molecule has 0 saturated carbocycles. The topological polar surface area (TPSA) is 9.29 Å². The number of hydrogen-bond donors (Lipinski definition) is 0. The van der Waals surface area contributed by atoms with Gasteiger partial charge in [-0.1, -0.05) is 109 Å². The summed E-state index contributed by atoms with van der Waals surface area (Å²) in [5.41, 5.74) is 8.71. The molecule has 9 aromatic rings. The molecule has 0 amide bonds. The van der Waals surface area contributed by atoms with Crippen molar-refractivity contribution in [2.24, 2.45) is 0 Å². The summed E-state index contributed by atoms with van der Waals surface area (Å²) in [6, 6.07) is 52.2.